The Labute approximate surface area is 103 Å². The van der Waals surface area contributed by atoms with Gasteiger partial charge in [-0.3, -0.25) is 4.57 Å². The van der Waals surface area contributed by atoms with E-state index in [1.165, 1.54) is 0 Å². The number of aryl methyl sites for hydroxylation is 2. The lowest BCUT2D eigenvalue weighted by atomic mass is 10.3. The molecule has 0 saturated heterocycles. The van der Waals surface area contributed by atoms with Crippen LogP contribution in [0.3, 0.4) is 0 Å². The highest BCUT2D eigenvalue weighted by Crippen LogP contribution is 2.14. The van der Waals surface area contributed by atoms with Crippen LogP contribution < -0.4 is 0 Å². The number of rotatable bonds is 3. The van der Waals surface area contributed by atoms with Crippen molar-refractivity contribution in [3.63, 3.8) is 0 Å². The summed E-state index contributed by atoms with van der Waals surface area (Å²) in [7, 11) is 0. The molecular formula is C11H13BrN4. The average Bonchev–Trinajstić information content (AvgIpc) is 2.64. The molecule has 5 heteroatoms. The molecule has 0 unspecified atom stereocenters. The predicted octanol–water partition coefficient (Wildman–Crippen LogP) is 2.69. The molecule has 2 aromatic rings. The van der Waals surface area contributed by atoms with Crippen LogP contribution in [0.5, 0.6) is 0 Å². The molecule has 0 bridgehead atoms. The smallest absolute Gasteiger partial charge is 0.142 e. The van der Waals surface area contributed by atoms with E-state index in [4.69, 9.17) is 0 Å². The highest BCUT2D eigenvalue weighted by molar-refractivity contribution is 9.10. The average molecular weight is 281 g/mol. The molecule has 0 saturated carbocycles. The maximum Gasteiger partial charge on any atom is 0.142 e. The molecule has 0 aromatic carbocycles. The third-order valence-electron chi connectivity index (χ3n) is 2.27. The van der Waals surface area contributed by atoms with Crippen molar-refractivity contribution < 1.29 is 0 Å². The summed E-state index contributed by atoms with van der Waals surface area (Å²) in [6.07, 6.45) is 5.60. The largest absolute Gasteiger partial charge is 0.288 e. The van der Waals surface area contributed by atoms with Gasteiger partial charge in [0.25, 0.3) is 0 Å². The molecule has 2 heterocycles. The first-order valence-electron chi connectivity index (χ1n) is 5.24. The van der Waals surface area contributed by atoms with Crippen LogP contribution in [-0.4, -0.2) is 19.5 Å². The zero-order valence-corrected chi connectivity index (χ0v) is 10.9. The second-order valence-corrected chi connectivity index (χ2v) is 4.37. The van der Waals surface area contributed by atoms with Crippen molar-refractivity contribution in [2.75, 3.05) is 0 Å². The Morgan fingerprint density at radius 3 is 2.81 bits per heavy atom. The summed E-state index contributed by atoms with van der Waals surface area (Å²) in [5, 5.41) is 0. The van der Waals surface area contributed by atoms with Gasteiger partial charge in [0.1, 0.15) is 22.1 Å². The van der Waals surface area contributed by atoms with Gasteiger partial charge in [-0.15, -0.1) is 0 Å². The van der Waals surface area contributed by atoms with Crippen LogP contribution in [-0.2, 0) is 6.42 Å². The Morgan fingerprint density at radius 2 is 2.19 bits per heavy atom. The van der Waals surface area contributed by atoms with Gasteiger partial charge in [-0.2, -0.15) is 0 Å². The van der Waals surface area contributed by atoms with E-state index in [1.807, 2.05) is 23.8 Å². The summed E-state index contributed by atoms with van der Waals surface area (Å²) in [4.78, 5) is 13.0. The van der Waals surface area contributed by atoms with Gasteiger partial charge in [0.05, 0.1) is 0 Å². The van der Waals surface area contributed by atoms with Crippen molar-refractivity contribution in [1.29, 1.82) is 0 Å². The summed E-state index contributed by atoms with van der Waals surface area (Å²) in [6, 6.07) is 1.90. The van der Waals surface area contributed by atoms with Crippen molar-refractivity contribution >= 4 is 15.9 Å². The van der Waals surface area contributed by atoms with Crippen LogP contribution in [0.1, 0.15) is 25.0 Å². The van der Waals surface area contributed by atoms with E-state index in [-0.39, 0.29) is 0 Å². The highest BCUT2D eigenvalue weighted by Gasteiger charge is 2.06. The van der Waals surface area contributed by atoms with Gasteiger partial charge in [-0.1, -0.05) is 6.92 Å². The molecule has 2 aromatic heterocycles. The topological polar surface area (TPSA) is 43.6 Å². The predicted molar refractivity (Wildman–Crippen MR) is 65.6 cm³/mol. The fraction of sp³-hybridized carbons (Fsp3) is 0.364. The van der Waals surface area contributed by atoms with Crippen molar-refractivity contribution in [2.45, 2.75) is 26.7 Å². The zero-order chi connectivity index (χ0) is 11.5. The molecule has 0 N–H and O–H groups in total. The molecule has 0 radical (unpaired) electrons. The molecule has 4 nitrogen and oxygen atoms in total. The third kappa shape index (κ3) is 2.29. The second kappa shape index (κ2) is 4.74. The quantitative estimate of drug-likeness (QED) is 0.812. The minimum absolute atomic E-state index is 0.814. The van der Waals surface area contributed by atoms with Crippen LogP contribution in [0.15, 0.2) is 23.1 Å². The molecule has 16 heavy (non-hydrogen) atoms. The van der Waals surface area contributed by atoms with E-state index in [0.29, 0.717) is 0 Å². The van der Waals surface area contributed by atoms with Crippen molar-refractivity contribution in [2.24, 2.45) is 0 Å². The Hall–Kier alpha value is -1.23. The van der Waals surface area contributed by atoms with E-state index in [0.717, 1.165) is 34.9 Å². The van der Waals surface area contributed by atoms with Gasteiger partial charge in [0.15, 0.2) is 0 Å². The fourth-order valence-electron chi connectivity index (χ4n) is 1.53. The molecule has 2 rings (SSSR count). The van der Waals surface area contributed by atoms with Gasteiger partial charge in [0, 0.05) is 24.9 Å². The number of aromatic nitrogens is 4. The number of halogens is 1. The normalized spacial score (nSPS) is 10.7. The fourth-order valence-corrected chi connectivity index (χ4v) is 1.94. The summed E-state index contributed by atoms with van der Waals surface area (Å²) >= 11 is 3.41. The number of imidazole rings is 1. The Balaban J connectivity index is 2.45. The van der Waals surface area contributed by atoms with Gasteiger partial charge < -0.3 is 0 Å². The van der Waals surface area contributed by atoms with Gasteiger partial charge >= 0.3 is 0 Å². The van der Waals surface area contributed by atoms with Crippen LogP contribution in [0, 0.1) is 6.92 Å². The summed E-state index contributed by atoms with van der Waals surface area (Å²) < 4.78 is 2.76. The monoisotopic (exact) mass is 280 g/mol. The molecule has 0 aliphatic heterocycles. The SMILES string of the molecule is CCCc1nc(Br)cc(-n2ccnc2C)n1. The lowest BCUT2D eigenvalue weighted by Gasteiger charge is -2.06. The van der Waals surface area contributed by atoms with E-state index in [9.17, 15) is 0 Å². The van der Waals surface area contributed by atoms with Gasteiger partial charge in [-0.05, 0) is 29.3 Å². The molecule has 0 amide bonds. The zero-order valence-electron chi connectivity index (χ0n) is 9.31. The maximum absolute atomic E-state index is 4.51. The standard InChI is InChI=1S/C11H13BrN4/c1-3-4-10-14-9(12)7-11(15-10)16-6-5-13-8(16)2/h5-7H,3-4H2,1-2H3. The van der Waals surface area contributed by atoms with Crippen LogP contribution in [0.4, 0.5) is 0 Å². The number of nitrogens with zero attached hydrogens (tertiary/aromatic N) is 4. The van der Waals surface area contributed by atoms with Crippen LogP contribution in [0.2, 0.25) is 0 Å². The minimum atomic E-state index is 0.814. The second-order valence-electron chi connectivity index (χ2n) is 3.56. The third-order valence-corrected chi connectivity index (χ3v) is 2.68. The molecule has 0 fully saturated rings. The molecule has 0 spiro atoms. The van der Waals surface area contributed by atoms with Crippen molar-refractivity contribution in [1.82, 2.24) is 19.5 Å². The van der Waals surface area contributed by atoms with Gasteiger partial charge in [0.2, 0.25) is 0 Å². The Bertz CT molecular complexity index is 492. The summed E-state index contributed by atoms with van der Waals surface area (Å²) in [5.74, 6) is 2.65. The first-order valence-corrected chi connectivity index (χ1v) is 6.03. The summed E-state index contributed by atoms with van der Waals surface area (Å²) in [5.41, 5.74) is 0. The Morgan fingerprint density at radius 1 is 1.38 bits per heavy atom. The van der Waals surface area contributed by atoms with E-state index in [1.54, 1.807) is 6.20 Å². The van der Waals surface area contributed by atoms with E-state index in [2.05, 4.69) is 37.8 Å². The molecule has 0 aliphatic carbocycles. The first-order chi connectivity index (χ1) is 7.70. The lowest BCUT2D eigenvalue weighted by molar-refractivity contribution is 0.804. The van der Waals surface area contributed by atoms with Crippen molar-refractivity contribution in [3.05, 3.63) is 34.7 Å². The lowest BCUT2D eigenvalue weighted by Crippen LogP contribution is -2.04. The molecule has 84 valence electrons. The molecule has 0 aliphatic rings. The highest BCUT2D eigenvalue weighted by atomic mass is 79.9. The molecule has 0 atom stereocenters. The van der Waals surface area contributed by atoms with Crippen LogP contribution >= 0.6 is 15.9 Å². The van der Waals surface area contributed by atoms with Crippen molar-refractivity contribution in [3.8, 4) is 5.82 Å². The minimum Gasteiger partial charge on any atom is -0.288 e. The number of hydrogen-bond acceptors (Lipinski definition) is 3. The summed E-state index contributed by atoms with van der Waals surface area (Å²) in [6.45, 7) is 4.07. The van der Waals surface area contributed by atoms with E-state index >= 15 is 0 Å². The maximum atomic E-state index is 4.51. The van der Waals surface area contributed by atoms with E-state index < -0.39 is 0 Å². The molecular weight excluding hydrogens is 268 g/mol. The number of hydrogen-bond donors (Lipinski definition) is 0. The first kappa shape index (κ1) is 11.3. The van der Waals surface area contributed by atoms with Gasteiger partial charge in [-0.25, -0.2) is 15.0 Å². The Kier molecular flexibility index (Phi) is 3.33. The van der Waals surface area contributed by atoms with Crippen LogP contribution in [0.25, 0.3) is 5.82 Å².